The zero-order valence-electron chi connectivity index (χ0n) is 43.0. The number of aromatic amines is 1. The number of hydrogen-bond acceptors (Lipinski definition) is 12. The number of alkyl carbamates (subject to hydrolysis) is 1. The topological polar surface area (TPSA) is 231 Å². The molecule has 0 spiro atoms. The Morgan fingerprint density at radius 2 is 1.16 bits per heavy atom. The Kier molecular flexibility index (Phi) is 14.8. The highest BCUT2D eigenvalue weighted by Gasteiger charge is 2.45. The second-order valence-electron chi connectivity index (χ2n) is 20.3. The lowest BCUT2D eigenvalue weighted by atomic mass is 9.95. The zero-order chi connectivity index (χ0) is 53.0. The molecular weight excluding hydrogens is 963 g/mol. The van der Waals surface area contributed by atoms with Crippen LogP contribution < -0.4 is 10.6 Å². The Labute approximate surface area is 440 Å². The number of likely N-dealkylation sites (tertiary alicyclic amines) is 2. The SMILES string of the molecule is COC(=O)N[C@H](C(=O)N1C[C@H](n2cc(-c3ccccc3)nn2)C[C@H]1C1=NC=C(c2ccc(-c3ccc(-c4cnc(C5C[C@@H](n6cc(-c7ccccc7)nn6)CN5C(=O)[C@@H](NC(=O)CO)C(C)C)[nH]4)cc3)cc2)C1)C(C)C. The maximum Gasteiger partial charge on any atom is 0.407 e. The van der Waals surface area contributed by atoms with Gasteiger partial charge in [0.2, 0.25) is 17.7 Å². The minimum Gasteiger partial charge on any atom is -0.453 e. The van der Waals surface area contributed by atoms with Gasteiger partial charge in [-0.15, -0.1) is 10.2 Å². The van der Waals surface area contributed by atoms with Crippen LogP contribution in [0.5, 0.6) is 0 Å². The van der Waals surface area contributed by atoms with Gasteiger partial charge in [-0.1, -0.05) is 147 Å². The van der Waals surface area contributed by atoms with Crippen molar-refractivity contribution in [3.05, 3.63) is 145 Å². The molecule has 2 fully saturated rings. The fourth-order valence-corrected chi connectivity index (χ4v) is 10.5. The summed E-state index contributed by atoms with van der Waals surface area (Å²) in [7, 11) is 1.29. The summed E-state index contributed by atoms with van der Waals surface area (Å²) in [5.74, 6) is -0.932. The maximum absolute atomic E-state index is 14.4. The van der Waals surface area contributed by atoms with Crippen molar-refractivity contribution >= 4 is 35.1 Å². The predicted molar refractivity (Wildman–Crippen MR) is 286 cm³/mol. The number of aromatic nitrogens is 8. The molecule has 10 rings (SSSR count). The van der Waals surface area contributed by atoms with E-state index in [1.807, 2.05) is 129 Å². The van der Waals surface area contributed by atoms with Crippen LogP contribution >= 0.6 is 0 Å². The minimum atomic E-state index is -0.856. The number of methoxy groups -OCH3 is 1. The Balaban J connectivity index is 0.828. The lowest BCUT2D eigenvalue weighted by Gasteiger charge is -2.31. The Bertz CT molecular complexity index is 3260. The van der Waals surface area contributed by atoms with Crippen molar-refractivity contribution in [2.45, 2.75) is 83.2 Å². The predicted octanol–water partition coefficient (Wildman–Crippen LogP) is 7.32. The van der Waals surface area contributed by atoms with Crippen LogP contribution in [0.4, 0.5) is 4.79 Å². The lowest BCUT2D eigenvalue weighted by molar-refractivity contribution is -0.139. The molecule has 4 aromatic carbocycles. The summed E-state index contributed by atoms with van der Waals surface area (Å²) in [4.78, 5) is 70.3. The molecule has 390 valence electrons. The Morgan fingerprint density at radius 1 is 0.658 bits per heavy atom. The monoisotopic (exact) mass is 1020 g/mol. The van der Waals surface area contributed by atoms with Gasteiger partial charge >= 0.3 is 6.09 Å². The summed E-state index contributed by atoms with van der Waals surface area (Å²) in [6.07, 6.45) is 8.43. The number of amides is 4. The van der Waals surface area contributed by atoms with Crippen molar-refractivity contribution < 1.29 is 29.0 Å². The molecule has 6 atom stereocenters. The van der Waals surface area contributed by atoms with Gasteiger partial charge in [0.1, 0.15) is 35.9 Å². The molecule has 0 aliphatic carbocycles. The highest BCUT2D eigenvalue weighted by molar-refractivity contribution is 6.04. The number of rotatable bonds is 16. The molecule has 0 bridgehead atoms. The third kappa shape index (κ3) is 10.7. The molecule has 0 radical (unpaired) electrons. The van der Waals surface area contributed by atoms with Crippen molar-refractivity contribution in [2.24, 2.45) is 16.8 Å². The van der Waals surface area contributed by atoms with Crippen LogP contribution in [0.25, 0.3) is 50.5 Å². The summed E-state index contributed by atoms with van der Waals surface area (Å²) < 4.78 is 8.53. The summed E-state index contributed by atoms with van der Waals surface area (Å²) in [5.41, 5.74) is 10.0. The first-order valence-electron chi connectivity index (χ1n) is 25.7. The van der Waals surface area contributed by atoms with E-state index in [4.69, 9.17) is 14.7 Å². The molecule has 7 aromatic rings. The third-order valence-electron chi connectivity index (χ3n) is 14.7. The smallest absolute Gasteiger partial charge is 0.407 e. The van der Waals surface area contributed by atoms with Gasteiger partial charge in [-0.25, -0.2) is 19.1 Å². The Morgan fingerprint density at radius 3 is 1.68 bits per heavy atom. The number of carbonyl (C=O) groups excluding carboxylic acids is 4. The second kappa shape index (κ2) is 22.1. The van der Waals surface area contributed by atoms with Crippen molar-refractivity contribution in [3.8, 4) is 44.9 Å². The van der Waals surface area contributed by atoms with E-state index in [9.17, 15) is 24.3 Å². The van der Waals surface area contributed by atoms with Gasteiger partial charge in [0.25, 0.3) is 0 Å². The van der Waals surface area contributed by atoms with Crippen molar-refractivity contribution in [1.82, 2.24) is 60.4 Å². The standard InChI is InChI=1S/C57H61N13O6/c1-34(2)52(61-51(72)33-71)55(73)68-30-44(70-32-48(64-66-70)40-14-10-7-11-15-40)26-50(68)54-59-28-46(60-54)41-22-20-37(21-23-41)36-16-18-38(19-17-36)42-24-45(58-27-42)49-25-43(69-31-47(63-65-69)39-12-8-6-9-13-39)29-67(49)56(74)53(35(3)4)62-57(75)76-5/h6-23,27-28,31-32,34-35,43-44,49-50,52-53,71H,24-26,29-30,33H2,1-5H3,(H,59,60)(H,61,72)(H,62,75)/t43-,44-,49+,50?,52+,53+/m1/s1. The molecule has 4 amide bonds. The first kappa shape index (κ1) is 50.9. The van der Waals surface area contributed by atoms with E-state index in [0.29, 0.717) is 38.2 Å². The van der Waals surface area contributed by atoms with Crippen molar-refractivity contribution in [3.63, 3.8) is 0 Å². The minimum absolute atomic E-state index is 0.169. The van der Waals surface area contributed by atoms with E-state index in [1.54, 1.807) is 15.8 Å². The van der Waals surface area contributed by atoms with Gasteiger partial charge in [-0.3, -0.25) is 19.4 Å². The normalized spacial score (nSPS) is 19.2. The first-order valence-corrected chi connectivity index (χ1v) is 25.7. The fourth-order valence-electron chi connectivity index (χ4n) is 10.5. The van der Waals surface area contributed by atoms with E-state index in [1.165, 1.54) is 7.11 Å². The van der Waals surface area contributed by atoms with Crippen LogP contribution in [-0.4, -0.2) is 129 Å². The molecular formula is C57H61N13O6. The van der Waals surface area contributed by atoms with Crippen LogP contribution in [0, 0.1) is 11.8 Å². The number of carbonyl (C=O) groups is 4. The average molecular weight is 1020 g/mol. The fraction of sp³-hybridized carbons (Fsp3) is 0.333. The molecule has 4 N–H and O–H groups in total. The highest BCUT2D eigenvalue weighted by Crippen LogP contribution is 2.40. The number of nitrogens with one attached hydrogen (secondary N) is 3. The molecule has 19 heteroatoms. The summed E-state index contributed by atoms with van der Waals surface area (Å²) >= 11 is 0. The molecule has 0 saturated carbocycles. The van der Waals surface area contributed by atoms with E-state index in [-0.39, 0.29) is 41.8 Å². The zero-order valence-corrected chi connectivity index (χ0v) is 43.0. The second-order valence-corrected chi connectivity index (χ2v) is 20.3. The van der Waals surface area contributed by atoms with Crippen molar-refractivity contribution in [2.75, 3.05) is 26.8 Å². The third-order valence-corrected chi connectivity index (χ3v) is 14.7. The van der Waals surface area contributed by atoms with Gasteiger partial charge < -0.3 is 35.3 Å². The van der Waals surface area contributed by atoms with Crippen LogP contribution in [0.1, 0.15) is 76.5 Å². The lowest BCUT2D eigenvalue weighted by Crippen LogP contribution is -2.53. The number of aliphatic hydroxyl groups excluding tert-OH is 1. The number of aliphatic hydroxyl groups is 1. The Hall–Kier alpha value is -8.58. The summed E-state index contributed by atoms with van der Waals surface area (Å²) in [6, 6.07) is 33.3. The number of aliphatic imine (C=N–C) groups is 1. The maximum atomic E-state index is 14.4. The number of nitrogens with zero attached hydrogens (tertiary/aromatic N) is 10. The molecule has 6 heterocycles. The molecule has 3 aromatic heterocycles. The molecule has 1 unspecified atom stereocenters. The average Bonchev–Trinajstić information content (AvgIpc) is 4.32. The van der Waals surface area contributed by atoms with Crippen LogP contribution in [0.3, 0.4) is 0 Å². The van der Waals surface area contributed by atoms with Crippen LogP contribution in [0.2, 0.25) is 0 Å². The largest absolute Gasteiger partial charge is 0.453 e. The van der Waals surface area contributed by atoms with Gasteiger partial charge in [-0.05, 0) is 52.5 Å². The van der Waals surface area contributed by atoms with Crippen LogP contribution in [-0.2, 0) is 19.1 Å². The first-order chi connectivity index (χ1) is 36.8. The van der Waals surface area contributed by atoms with Gasteiger partial charge in [-0.2, -0.15) is 0 Å². The number of H-pyrrole nitrogens is 1. The number of imidazole rings is 1. The van der Waals surface area contributed by atoms with E-state index < -0.39 is 36.7 Å². The molecule has 3 aliphatic heterocycles. The number of allylic oxidation sites excluding steroid dienone is 1. The van der Waals surface area contributed by atoms with E-state index in [0.717, 1.165) is 61.7 Å². The number of benzene rings is 4. The molecule has 2 saturated heterocycles. The van der Waals surface area contributed by atoms with Gasteiger partial charge in [0.15, 0.2) is 0 Å². The number of ether oxygens (including phenoxy) is 1. The summed E-state index contributed by atoms with van der Waals surface area (Å²) in [5, 5.41) is 32.9. The molecule has 76 heavy (non-hydrogen) atoms. The van der Waals surface area contributed by atoms with Crippen molar-refractivity contribution in [1.29, 1.82) is 0 Å². The number of hydrogen-bond donors (Lipinski definition) is 4. The highest BCUT2D eigenvalue weighted by atomic mass is 16.5. The quantitative estimate of drug-likeness (QED) is 0.0749. The molecule has 3 aliphatic rings. The molecule has 19 nitrogen and oxygen atoms in total. The van der Waals surface area contributed by atoms with E-state index in [2.05, 4.69) is 72.6 Å². The van der Waals surface area contributed by atoms with Gasteiger partial charge in [0.05, 0.1) is 55.6 Å². The summed E-state index contributed by atoms with van der Waals surface area (Å²) in [6.45, 7) is 7.47. The van der Waals surface area contributed by atoms with Gasteiger partial charge in [0, 0.05) is 42.5 Å². The van der Waals surface area contributed by atoms with Crippen LogP contribution in [0.15, 0.2) is 139 Å². The van der Waals surface area contributed by atoms with E-state index >= 15 is 0 Å².